The molecule has 2 aliphatic heterocycles. The highest BCUT2D eigenvalue weighted by Gasteiger charge is 2.45. The van der Waals surface area contributed by atoms with Gasteiger partial charge in [-0.2, -0.15) is 13.2 Å². The standard InChI is InChI=1S/C24H31N5O5.C2HF3O2/c1-3-33-11-9-25-23(31)22(17-4-6-20(7-5-17)26-16(2)30)28-12-18(13-28)19-14-29(15-19)24(32)21-8-10-34-27-21;3-2(4,5)1(6)7/h4-8,10,18-19,22H,3,9,11-15H2,1-2H3,(H,25,31)(H,26,30);(H,6,7). The molecule has 0 saturated carbocycles. The Balaban J connectivity index is 0.000000587. The van der Waals surface area contributed by atoms with Gasteiger partial charge in [0.1, 0.15) is 12.3 Å². The van der Waals surface area contributed by atoms with Crippen LogP contribution in [0.2, 0.25) is 0 Å². The lowest BCUT2D eigenvalue weighted by molar-refractivity contribution is -0.192. The van der Waals surface area contributed by atoms with Gasteiger partial charge in [-0.1, -0.05) is 17.3 Å². The van der Waals surface area contributed by atoms with Crippen LogP contribution in [0.25, 0.3) is 0 Å². The molecule has 1 aromatic heterocycles. The summed E-state index contributed by atoms with van der Waals surface area (Å²) < 4.78 is 41.8. The van der Waals surface area contributed by atoms with Crippen molar-refractivity contribution in [2.45, 2.75) is 26.1 Å². The minimum Gasteiger partial charge on any atom is -0.475 e. The number of hydrogen-bond donors (Lipinski definition) is 3. The van der Waals surface area contributed by atoms with Gasteiger partial charge < -0.3 is 29.9 Å². The highest BCUT2D eigenvalue weighted by Crippen LogP contribution is 2.37. The van der Waals surface area contributed by atoms with Crippen LogP contribution < -0.4 is 10.6 Å². The summed E-state index contributed by atoms with van der Waals surface area (Å²) in [4.78, 5) is 49.6. The monoisotopic (exact) mass is 583 g/mol. The van der Waals surface area contributed by atoms with Crippen LogP contribution in [-0.4, -0.2) is 95.9 Å². The molecule has 12 nitrogen and oxygen atoms in total. The molecule has 1 unspecified atom stereocenters. The van der Waals surface area contributed by atoms with Gasteiger partial charge in [0, 0.05) is 58.0 Å². The Labute approximate surface area is 233 Å². The lowest BCUT2D eigenvalue weighted by Gasteiger charge is -2.52. The number of nitrogens with zero attached hydrogens (tertiary/aromatic N) is 3. The maximum atomic E-state index is 13.1. The minimum absolute atomic E-state index is 0.0677. The highest BCUT2D eigenvalue weighted by molar-refractivity contribution is 5.92. The van der Waals surface area contributed by atoms with Crippen molar-refractivity contribution >= 4 is 29.4 Å². The van der Waals surface area contributed by atoms with Crippen LogP contribution in [-0.2, 0) is 19.1 Å². The zero-order chi connectivity index (χ0) is 30.2. The summed E-state index contributed by atoms with van der Waals surface area (Å²) in [6, 6.07) is 8.55. The third-order valence-electron chi connectivity index (χ3n) is 6.61. The number of anilines is 1. The number of likely N-dealkylation sites (tertiary alicyclic amines) is 2. The normalized spacial score (nSPS) is 16.5. The molecule has 2 saturated heterocycles. The Morgan fingerprint density at radius 1 is 1.10 bits per heavy atom. The Morgan fingerprint density at radius 3 is 2.22 bits per heavy atom. The molecule has 0 aliphatic carbocycles. The van der Waals surface area contributed by atoms with Crippen LogP contribution >= 0.6 is 0 Å². The highest BCUT2D eigenvalue weighted by atomic mass is 19.4. The summed E-state index contributed by atoms with van der Waals surface area (Å²) in [5, 5.41) is 16.6. The minimum atomic E-state index is -5.08. The van der Waals surface area contributed by atoms with E-state index in [-0.39, 0.29) is 17.7 Å². The maximum Gasteiger partial charge on any atom is 0.490 e. The molecule has 3 heterocycles. The average Bonchev–Trinajstić information content (AvgIpc) is 3.39. The predicted molar refractivity (Wildman–Crippen MR) is 138 cm³/mol. The summed E-state index contributed by atoms with van der Waals surface area (Å²) in [7, 11) is 0. The molecule has 224 valence electrons. The van der Waals surface area contributed by atoms with E-state index in [1.165, 1.54) is 13.2 Å². The molecule has 0 spiro atoms. The third-order valence-corrected chi connectivity index (χ3v) is 6.61. The molecule has 0 radical (unpaired) electrons. The van der Waals surface area contributed by atoms with Crippen LogP contribution in [0.4, 0.5) is 18.9 Å². The first-order chi connectivity index (χ1) is 19.4. The molecule has 41 heavy (non-hydrogen) atoms. The number of benzene rings is 1. The molecule has 3 N–H and O–H groups in total. The van der Waals surface area contributed by atoms with Gasteiger partial charge in [0.15, 0.2) is 5.69 Å². The van der Waals surface area contributed by atoms with E-state index < -0.39 is 18.2 Å². The molecule has 4 rings (SSSR count). The smallest absolute Gasteiger partial charge is 0.475 e. The van der Waals surface area contributed by atoms with Gasteiger partial charge in [-0.25, -0.2) is 4.79 Å². The van der Waals surface area contributed by atoms with Crippen molar-refractivity contribution in [2.24, 2.45) is 11.8 Å². The zero-order valence-electron chi connectivity index (χ0n) is 22.5. The van der Waals surface area contributed by atoms with Gasteiger partial charge in [-0.15, -0.1) is 0 Å². The number of amides is 3. The lowest BCUT2D eigenvalue weighted by atomic mass is 9.79. The number of nitrogens with one attached hydrogen (secondary N) is 2. The van der Waals surface area contributed by atoms with Gasteiger partial charge >= 0.3 is 12.1 Å². The largest absolute Gasteiger partial charge is 0.490 e. The number of halogens is 3. The molecule has 0 bridgehead atoms. The molecule has 15 heteroatoms. The third kappa shape index (κ3) is 8.75. The predicted octanol–water partition coefficient (Wildman–Crippen LogP) is 2.16. The first-order valence-electron chi connectivity index (χ1n) is 12.9. The number of alkyl halides is 3. The molecular formula is C26H32F3N5O7. The van der Waals surface area contributed by atoms with Gasteiger partial charge in [-0.3, -0.25) is 19.3 Å². The summed E-state index contributed by atoms with van der Waals surface area (Å²) in [5.41, 5.74) is 1.90. The number of carboxylic acids is 1. The number of ether oxygens (including phenoxy) is 1. The van der Waals surface area contributed by atoms with E-state index in [0.29, 0.717) is 56.1 Å². The van der Waals surface area contributed by atoms with Gasteiger partial charge in [0.25, 0.3) is 5.91 Å². The topological polar surface area (TPSA) is 154 Å². The summed E-state index contributed by atoms with van der Waals surface area (Å²) in [5.74, 6) is -2.23. The number of aromatic nitrogens is 1. The van der Waals surface area contributed by atoms with Crippen LogP contribution in [0.5, 0.6) is 0 Å². The molecule has 1 aromatic carbocycles. The number of hydrogen-bond acceptors (Lipinski definition) is 8. The fourth-order valence-electron chi connectivity index (χ4n) is 4.49. The van der Waals surface area contributed by atoms with Crippen molar-refractivity contribution in [3.8, 4) is 0 Å². The molecule has 2 fully saturated rings. The van der Waals surface area contributed by atoms with Crippen LogP contribution in [0.15, 0.2) is 41.1 Å². The second kappa shape index (κ2) is 14.1. The summed E-state index contributed by atoms with van der Waals surface area (Å²) >= 11 is 0. The van der Waals surface area contributed by atoms with E-state index in [9.17, 15) is 27.6 Å². The van der Waals surface area contributed by atoms with Crippen LogP contribution in [0.1, 0.15) is 35.9 Å². The fraction of sp³-hybridized carbons (Fsp3) is 0.500. The first kappa shape index (κ1) is 31.5. The van der Waals surface area contributed by atoms with Crippen molar-refractivity contribution in [2.75, 3.05) is 51.3 Å². The van der Waals surface area contributed by atoms with Crippen molar-refractivity contribution in [1.29, 1.82) is 0 Å². The second-order valence-corrected chi connectivity index (χ2v) is 9.57. The fourth-order valence-corrected chi connectivity index (χ4v) is 4.49. The number of carbonyl (C=O) groups is 4. The van der Waals surface area contributed by atoms with Gasteiger partial charge in [-0.05, 0) is 36.5 Å². The van der Waals surface area contributed by atoms with Crippen LogP contribution in [0.3, 0.4) is 0 Å². The van der Waals surface area contributed by atoms with Crippen molar-refractivity contribution in [3.05, 3.63) is 47.9 Å². The summed E-state index contributed by atoms with van der Waals surface area (Å²) in [6.45, 7) is 7.87. The number of rotatable bonds is 10. The summed E-state index contributed by atoms with van der Waals surface area (Å²) in [6.07, 6.45) is -3.68. The number of aliphatic carboxylic acids is 1. The Morgan fingerprint density at radius 2 is 1.71 bits per heavy atom. The average molecular weight is 584 g/mol. The second-order valence-electron chi connectivity index (χ2n) is 9.57. The van der Waals surface area contributed by atoms with Gasteiger partial charge in [0.05, 0.1) is 6.61 Å². The molecule has 3 amide bonds. The number of carbonyl (C=O) groups excluding carboxylic acids is 3. The van der Waals surface area contributed by atoms with E-state index in [4.69, 9.17) is 19.2 Å². The van der Waals surface area contributed by atoms with E-state index >= 15 is 0 Å². The Bertz CT molecular complexity index is 1180. The molecule has 2 aliphatic rings. The van der Waals surface area contributed by atoms with Crippen molar-refractivity contribution < 1.29 is 46.7 Å². The van der Waals surface area contributed by atoms with Gasteiger partial charge in [0.2, 0.25) is 11.8 Å². The Kier molecular flexibility index (Phi) is 10.8. The van der Waals surface area contributed by atoms with E-state index in [1.807, 2.05) is 31.2 Å². The number of carboxylic acid groups (broad SMARTS) is 1. The molecule has 1 atom stereocenters. The maximum absolute atomic E-state index is 13.1. The first-order valence-corrected chi connectivity index (χ1v) is 12.9. The molecule has 2 aromatic rings. The SMILES string of the molecule is CCOCCNC(=O)C(c1ccc(NC(C)=O)cc1)N1CC(C2CN(C(=O)c3ccon3)C2)C1.O=C(O)C(F)(F)F. The zero-order valence-corrected chi connectivity index (χ0v) is 22.5. The lowest BCUT2D eigenvalue weighted by Crippen LogP contribution is -2.62. The quantitative estimate of drug-likeness (QED) is 0.357. The van der Waals surface area contributed by atoms with Crippen molar-refractivity contribution in [1.82, 2.24) is 20.3 Å². The Hall–Kier alpha value is -3.98. The van der Waals surface area contributed by atoms with E-state index in [2.05, 4.69) is 20.7 Å². The van der Waals surface area contributed by atoms with E-state index in [0.717, 1.165) is 18.7 Å². The molecular weight excluding hydrogens is 551 g/mol. The van der Waals surface area contributed by atoms with Crippen LogP contribution in [0, 0.1) is 11.8 Å². The van der Waals surface area contributed by atoms with E-state index in [1.54, 1.807) is 11.0 Å². The van der Waals surface area contributed by atoms with Crippen molar-refractivity contribution in [3.63, 3.8) is 0 Å².